The molecule has 0 aliphatic carbocycles. The Kier molecular flexibility index (Phi) is 9.17. The average molecular weight is 382 g/mol. The summed E-state index contributed by atoms with van der Waals surface area (Å²) >= 11 is 4.00. The molecule has 3 amide bonds. The van der Waals surface area contributed by atoms with Gasteiger partial charge in [0.2, 0.25) is 17.7 Å². The van der Waals surface area contributed by atoms with Gasteiger partial charge in [0, 0.05) is 12.2 Å². The highest BCUT2D eigenvalue weighted by molar-refractivity contribution is 7.80. The minimum Gasteiger partial charge on any atom is -0.480 e. The molecule has 0 saturated carbocycles. The van der Waals surface area contributed by atoms with E-state index in [0.717, 1.165) is 5.56 Å². The lowest BCUT2D eigenvalue weighted by molar-refractivity contribution is -0.138. The third kappa shape index (κ3) is 7.53. The average Bonchev–Trinajstić information content (AvgIpc) is 2.63. The van der Waals surface area contributed by atoms with Crippen LogP contribution in [0.25, 0.3) is 0 Å². The number of hydrogen-bond donors (Lipinski definition) is 6. The molecule has 142 valence electrons. The number of rotatable bonds is 10. The molecule has 1 aromatic carbocycles. The minimum atomic E-state index is -1.21. The van der Waals surface area contributed by atoms with Crippen molar-refractivity contribution in [3.63, 3.8) is 0 Å². The largest absolute Gasteiger partial charge is 0.480 e. The standard InChI is InChI=1S/C16H22N4O5S/c17-7-13(21)19-11(6-10-4-2-1-3-5-10)16(25)20-12(9-26)15(24)18-8-14(22)23/h1-5,11-12,26H,6-9,17H2,(H,18,24)(H,19,21)(H,20,25)(H,22,23). The van der Waals surface area contributed by atoms with Gasteiger partial charge < -0.3 is 26.8 Å². The maximum atomic E-state index is 12.5. The van der Waals surface area contributed by atoms with E-state index in [0.29, 0.717) is 0 Å². The predicted octanol–water partition coefficient (Wildman–Crippen LogP) is -1.71. The first-order valence-corrected chi connectivity index (χ1v) is 8.44. The van der Waals surface area contributed by atoms with Crippen molar-refractivity contribution in [2.45, 2.75) is 18.5 Å². The van der Waals surface area contributed by atoms with Crippen LogP contribution in [0.2, 0.25) is 0 Å². The van der Waals surface area contributed by atoms with Crippen molar-refractivity contribution in [3.8, 4) is 0 Å². The Hall–Kier alpha value is -2.59. The number of aliphatic carboxylic acids is 1. The molecular formula is C16H22N4O5S. The molecule has 0 bridgehead atoms. The molecule has 0 aromatic heterocycles. The monoisotopic (exact) mass is 382 g/mol. The van der Waals surface area contributed by atoms with Crippen molar-refractivity contribution in [1.29, 1.82) is 0 Å². The zero-order chi connectivity index (χ0) is 19.5. The molecule has 26 heavy (non-hydrogen) atoms. The van der Waals surface area contributed by atoms with Crippen molar-refractivity contribution >= 4 is 36.3 Å². The Bertz CT molecular complexity index is 641. The molecule has 1 aromatic rings. The lowest BCUT2D eigenvalue weighted by Gasteiger charge is -2.22. The molecule has 9 nitrogen and oxygen atoms in total. The van der Waals surface area contributed by atoms with Crippen LogP contribution in [0.5, 0.6) is 0 Å². The lowest BCUT2D eigenvalue weighted by Crippen LogP contribution is -2.56. The quantitative estimate of drug-likeness (QED) is 0.265. The molecule has 2 unspecified atom stereocenters. The van der Waals surface area contributed by atoms with Crippen molar-refractivity contribution in [3.05, 3.63) is 35.9 Å². The third-order valence-electron chi connectivity index (χ3n) is 3.35. The van der Waals surface area contributed by atoms with Crippen LogP contribution in [0.4, 0.5) is 0 Å². The number of nitrogens with two attached hydrogens (primary N) is 1. The molecule has 1 rings (SSSR count). The summed E-state index contributed by atoms with van der Waals surface area (Å²) in [6, 6.07) is 7.02. The van der Waals surface area contributed by atoms with E-state index >= 15 is 0 Å². The topological polar surface area (TPSA) is 151 Å². The van der Waals surface area contributed by atoms with Gasteiger partial charge in [-0.05, 0) is 5.56 Å². The number of amides is 3. The smallest absolute Gasteiger partial charge is 0.322 e. The fourth-order valence-corrected chi connectivity index (χ4v) is 2.32. The summed E-state index contributed by atoms with van der Waals surface area (Å²) in [6.45, 7) is -0.857. The fourth-order valence-electron chi connectivity index (χ4n) is 2.06. The van der Waals surface area contributed by atoms with Gasteiger partial charge in [-0.1, -0.05) is 30.3 Å². The molecule has 0 aliphatic rings. The van der Waals surface area contributed by atoms with E-state index < -0.39 is 42.3 Å². The number of carboxylic acids is 1. The van der Waals surface area contributed by atoms with Crippen LogP contribution < -0.4 is 21.7 Å². The molecule has 10 heteroatoms. The third-order valence-corrected chi connectivity index (χ3v) is 3.71. The number of hydrogen-bond acceptors (Lipinski definition) is 6. The highest BCUT2D eigenvalue weighted by Gasteiger charge is 2.26. The van der Waals surface area contributed by atoms with Crippen LogP contribution in [0, 0.1) is 0 Å². The second-order valence-corrected chi connectivity index (χ2v) is 5.73. The maximum absolute atomic E-state index is 12.5. The number of carbonyl (C=O) groups excluding carboxylic acids is 3. The Morgan fingerprint density at radius 3 is 2.23 bits per heavy atom. The molecule has 6 N–H and O–H groups in total. The minimum absolute atomic E-state index is 0.0416. The Balaban J connectivity index is 2.80. The second kappa shape index (κ2) is 11.1. The molecule has 0 saturated heterocycles. The molecule has 0 radical (unpaired) electrons. The molecule has 0 spiro atoms. The molecule has 0 aliphatic heterocycles. The van der Waals surface area contributed by atoms with Gasteiger partial charge in [0.15, 0.2) is 0 Å². The summed E-state index contributed by atoms with van der Waals surface area (Å²) in [6.07, 6.45) is 0.203. The molecular weight excluding hydrogens is 360 g/mol. The summed E-state index contributed by atoms with van der Waals surface area (Å²) in [5.74, 6) is -3.04. The number of nitrogens with one attached hydrogen (secondary N) is 3. The summed E-state index contributed by atoms with van der Waals surface area (Å²) in [4.78, 5) is 46.6. The van der Waals surface area contributed by atoms with Gasteiger partial charge in [0.05, 0.1) is 6.54 Å². The van der Waals surface area contributed by atoms with Gasteiger partial charge in [-0.3, -0.25) is 19.2 Å². The summed E-state index contributed by atoms with van der Waals surface area (Å²) in [5.41, 5.74) is 6.09. The van der Waals surface area contributed by atoms with E-state index in [1.165, 1.54) is 0 Å². The fraction of sp³-hybridized carbons (Fsp3) is 0.375. The van der Waals surface area contributed by atoms with E-state index in [1.54, 1.807) is 24.3 Å². The predicted molar refractivity (Wildman–Crippen MR) is 97.6 cm³/mol. The maximum Gasteiger partial charge on any atom is 0.322 e. The van der Waals surface area contributed by atoms with Gasteiger partial charge in [-0.25, -0.2) is 0 Å². The highest BCUT2D eigenvalue weighted by atomic mass is 32.1. The second-order valence-electron chi connectivity index (χ2n) is 5.37. The SMILES string of the molecule is NCC(=O)NC(Cc1ccccc1)C(=O)NC(CS)C(=O)NCC(=O)O. The van der Waals surface area contributed by atoms with Gasteiger partial charge in [0.1, 0.15) is 18.6 Å². The van der Waals surface area contributed by atoms with Crippen LogP contribution in [0.3, 0.4) is 0 Å². The van der Waals surface area contributed by atoms with Crippen molar-refractivity contribution in [2.24, 2.45) is 5.73 Å². The molecule has 2 atom stereocenters. The lowest BCUT2D eigenvalue weighted by atomic mass is 10.0. The van der Waals surface area contributed by atoms with Crippen molar-refractivity contribution in [1.82, 2.24) is 16.0 Å². The first-order valence-electron chi connectivity index (χ1n) is 7.81. The first kappa shape index (κ1) is 21.5. The van der Waals surface area contributed by atoms with E-state index in [-0.39, 0.29) is 18.7 Å². The van der Waals surface area contributed by atoms with Crippen molar-refractivity contribution in [2.75, 3.05) is 18.8 Å². The summed E-state index contributed by atoms with van der Waals surface area (Å²) < 4.78 is 0. The summed E-state index contributed by atoms with van der Waals surface area (Å²) in [7, 11) is 0. The normalized spacial score (nSPS) is 12.5. The Morgan fingerprint density at radius 1 is 1.04 bits per heavy atom. The summed E-state index contributed by atoms with van der Waals surface area (Å²) in [5, 5.41) is 15.7. The number of carbonyl (C=O) groups is 4. The zero-order valence-corrected chi connectivity index (χ0v) is 14.9. The van der Waals surface area contributed by atoms with E-state index in [1.807, 2.05) is 6.07 Å². The number of carboxylic acid groups (broad SMARTS) is 1. The van der Waals surface area contributed by atoms with E-state index in [9.17, 15) is 19.2 Å². The Morgan fingerprint density at radius 2 is 1.69 bits per heavy atom. The number of benzene rings is 1. The zero-order valence-electron chi connectivity index (χ0n) is 14.0. The van der Waals surface area contributed by atoms with E-state index in [2.05, 4.69) is 28.6 Å². The van der Waals surface area contributed by atoms with Crippen LogP contribution >= 0.6 is 12.6 Å². The van der Waals surface area contributed by atoms with Gasteiger partial charge >= 0.3 is 5.97 Å². The van der Waals surface area contributed by atoms with Gasteiger partial charge in [0.25, 0.3) is 0 Å². The van der Waals surface area contributed by atoms with Crippen LogP contribution in [0.15, 0.2) is 30.3 Å². The molecule has 0 heterocycles. The molecule has 0 fully saturated rings. The Labute approximate surface area is 156 Å². The van der Waals surface area contributed by atoms with Gasteiger partial charge in [-0.2, -0.15) is 12.6 Å². The van der Waals surface area contributed by atoms with Crippen LogP contribution in [-0.2, 0) is 25.6 Å². The van der Waals surface area contributed by atoms with Crippen molar-refractivity contribution < 1.29 is 24.3 Å². The van der Waals surface area contributed by atoms with Crippen LogP contribution in [-0.4, -0.2) is 59.7 Å². The van der Waals surface area contributed by atoms with E-state index in [4.69, 9.17) is 10.8 Å². The van der Waals surface area contributed by atoms with Crippen LogP contribution in [0.1, 0.15) is 5.56 Å². The number of thiol groups is 1. The first-order chi connectivity index (χ1) is 12.4. The highest BCUT2D eigenvalue weighted by Crippen LogP contribution is 2.04. The van der Waals surface area contributed by atoms with Gasteiger partial charge in [-0.15, -0.1) is 0 Å².